The quantitative estimate of drug-likeness (QED) is 0.830. The third-order valence-electron chi connectivity index (χ3n) is 2.60. The number of hydrogen-bond acceptors (Lipinski definition) is 2. The van der Waals surface area contributed by atoms with E-state index in [9.17, 15) is 4.79 Å². The van der Waals surface area contributed by atoms with Gasteiger partial charge in [0, 0.05) is 29.7 Å². The molecule has 84 valence electrons. The van der Waals surface area contributed by atoms with Crippen molar-refractivity contribution in [3.8, 4) is 0 Å². The van der Waals surface area contributed by atoms with Crippen LogP contribution in [-0.4, -0.2) is 23.9 Å². The van der Waals surface area contributed by atoms with Crippen molar-refractivity contribution < 1.29 is 4.79 Å². The Hall–Kier alpha value is -1.32. The number of Topliss-reactive ketones (excluding diaryl/α,β-unsaturated/α-hetero) is 1. The molecule has 0 amide bonds. The Balaban J connectivity index is 2.51. The number of aromatic nitrogens is 1. The van der Waals surface area contributed by atoms with Gasteiger partial charge in [0.2, 0.25) is 0 Å². The molecule has 1 aromatic heterocycles. The lowest BCUT2D eigenvalue weighted by molar-refractivity contribution is 0.0993. The van der Waals surface area contributed by atoms with Gasteiger partial charge in [-0.2, -0.15) is 0 Å². The molecule has 1 heterocycles. The highest BCUT2D eigenvalue weighted by Crippen LogP contribution is 2.26. The van der Waals surface area contributed by atoms with Crippen LogP contribution < -0.4 is 5.32 Å². The summed E-state index contributed by atoms with van der Waals surface area (Å²) in [4.78, 5) is 11.7. The third kappa shape index (κ3) is 1.84. The summed E-state index contributed by atoms with van der Waals surface area (Å²) in [6, 6.07) is 5.60. The number of aryl methyl sites for hydroxylation is 1. The predicted molar refractivity (Wildman–Crippen MR) is 66.2 cm³/mol. The molecule has 0 aliphatic heterocycles. The van der Waals surface area contributed by atoms with E-state index in [1.807, 2.05) is 36.0 Å². The minimum Gasteiger partial charge on any atom is -0.349 e. The number of nitrogens with one attached hydrogen (secondary N) is 1. The van der Waals surface area contributed by atoms with Gasteiger partial charge >= 0.3 is 0 Å². The van der Waals surface area contributed by atoms with Gasteiger partial charge < -0.3 is 9.88 Å². The molecule has 0 spiro atoms. The second-order valence-electron chi connectivity index (χ2n) is 3.77. The molecule has 0 unspecified atom stereocenters. The number of fused-ring (bicyclic) bond motifs is 1. The maximum Gasteiger partial charge on any atom is 0.176 e. The fourth-order valence-electron chi connectivity index (χ4n) is 1.78. The molecule has 1 aromatic carbocycles. The van der Waals surface area contributed by atoms with Crippen LogP contribution in [0.15, 0.2) is 24.4 Å². The Kier molecular flexibility index (Phi) is 2.99. The fraction of sp³-hybridized carbons (Fsp3) is 0.250. The summed E-state index contributed by atoms with van der Waals surface area (Å²) in [5, 5.41) is 4.45. The first-order valence-corrected chi connectivity index (χ1v) is 5.43. The van der Waals surface area contributed by atoms with Crippen molar-refractivity contribution in [3.05, 3.63) is 35.0 Å². The maximum atomic E-state index is 11.7. The summed E-state index contributed by atoms with van der Waals surface area (Å²) >= 11 is 6.08. The highest BCUT2D eigenvalue weighted by Gasteiger charge is 2.09. The van der Waals surface area contributed by atoms with Gasteiger partial charge in [0.05, 0.1) is 11.6 Å². The molecule has 0 saturated carbocycles. The molecule has 0 radical (unpaired) electrons. The van der Waals surface area contributed by atoms with Crippen LogP contribution in [0.2, 0.25) is 5.02 Å². The molecular weight excluding hydrogens is 224 g/mol. The zero-order chi connectivity index (χ0) is 11.7. The van der Waals surface area contributed by atoms with Crippen LogP contribution in [0.1, 0.15) is 10.4 Å². The van der Waals surface area contributed by atoms with Crippen LogP contribution in [0.25, 0.3) is 10.9 Å². The zero-order valence-corrected chi connectivity index (χ0v) is 10.0. The molecule has 16 heavy (non-hydrogen) atoms. The van der Waals surface area contributed by atoms with Crippen molar-refractivity contribution in [2.45, 2.75) is 0 Å². The molecule has 0 bridgehead atoms. The Morgan fingerprint density at radius 3 is 2.94 bits per heavy atom. The average Bonchev–Trinajstić information content (AvgIpc) is 2.55. The SMILES string of the molecule is CNCC(=O)c1ccc2c(c1)c(Cl)cn2C. The molecule has 3 nitrogen and oxygen atoms in total. The van der Waals surface area contributed by atoms with Gasteiger partial charge in [-0.15, -0.1) is 0 Å². The van der Waals surface area contributed by atoms with Gasteiger partial charge in [0.25, 0.3) is 0 Å². The molecule has 0 fully saturated rings. The van der Waals surface area contributed by atoms with E-state index in [2.05, 4.69) is 5.32 Å². The Morgan fingerprint density at radius 2 is 2.25 bits per heavy atom. The lowest BCUT2D eigenvalue weighted by Gasteiger charge is -2.01. The van der Waals surface area contributed by atoms with Crippen LogP contribution in [-0.2, 0) is 7.05 Å². The number of ketones is 1. The van der Waals surface area contributed by atoms with E-state index in [-0.39, 0.29) is 5.78 Å². The molecule has 4 heteroatoms. The number of benzene rings is 1. The summed E-state index contributed by atoms with van der Waals surface area (Å²) in [7, 11) is 3.69. The Morgan fingerprint density at radius 1 is 1.50 bits per heavy atom. The van der Waals surface area contributed by atoms with Gasteiger partial charge in [-0.1, -0.05) is 11.6 Å². The highest BCUT2D eigenvalue weighted by atomic mass is 35.5. The first-order valence-electron chi connectivity index (χ1n) is 5.06. The van der Waals surface area contributed by atoms with Crippen molar-refractivity contribution in [3.63, 3.8) is 0 Å². The molecule has 2 rings (SSSR count). The van der Waals surface area contributed by atoms with Crippen molar-refractivity contribution in [1.82, 2.24) is 9.88 Å². The van der Waals surface area contributed by atoms with E-state index in [1.165, 1.54) is 0 Å². The lowest BCUT2D eigenvalue weighted by atomic mass is 10.1. The van der Waals surface area contributed by atoms with Gasteiger partial charge in [0.15, 0.2) is 5.78 Å². The second kappa shape index (κ2) is 4.28. The molecule has 1 N–H and O–H groups in total. The van der Waals surface area contributed by atoms with Crippen LogP contribution in [0, 0.1) is 0 Å². The number of rotatable bonds is 3. The number of nitrogens with zero attached hydrogens (tertiary/aromatic N) is 1. The van der Waals surface area contributed by atoms with Crippen LogP contribution >= 0.6 is 11.6 Å². The first-order chi connectivity index (χ1) is 7.63. The number of hydrogen-bond donors (Lipinski definition) is 1. The Bertz CT molecular complexity index is 545. The van der Waals surface area contributed by atoms with E-state index >= 15 is 0 Å². The first kappa shape index (κ1) is 11.2. The normalized spacial score (nSPS) is 10.9. The van der Waals surface area contributed by atoms with E-state index < -0.39 is 0 Å². The second-order valence-corrected chi connectivity index (χ2v) is 4.18. The lowest BCUT2D eigenvalue weighted by Crippen LogP contribution is -2.18. The summed E-state index contributed by atoms with van der Waals surface area (Å²) < 4.78 is 1.95. The minimum atomic E-state index is 0.0734. The summed E-state index contributed by atoms with van der Waals surface area (Å²) in [6.07, 6.45) is 1.85. The monoisotopic (exact) mass is 236 g/mol. The summed E-state index contributed by atoms with van der Waals surface area (Å²) in [6.45, 7) is 0.343. The molecule has 2 aromatic rings. The minimum absolute atomic E-state index is 0.0734. The van der Waals surface area contributed by atoms with Crippen LogP contribution in [0.4, 0.5) is 0 Å². The molecule has 0 saturated heterocycles. The van der Waals surface area contributed by atoms with Gasteiger partial charge in [0.1, 0.15) is 0 Å². The number of likely N-dealkylation sites (N-methyl/N-ethyl adjacent to an activating group) is 1. The van der Waals surface area contributed by atoms with E-state index in [0.717, 1.165) is 10.9 Å². The van der Waals surface area contributed by atoms with E-state index in [4.69, 9.17) is 11.6 Å². The van der Waals surface area contributed by atoms with E-state index in [1.54, 1.807) is 7.05 Å². The van der Waals surface area contributed by atoms with Gasteiger partial charge in [-0.05, 0) is 25.2 Å². The van der Waals surface area contributed by atoms with Crippen molar-refractivity contribution in [2.24, 2.45) is 7.05 Å². The molecule has 0 aliphatic carbocycles. The zero-order valence-electron chi connectivity index (χ0n) is 9.25. The number of carbonyl (C=O) groups excluding carboxylic acids is 1. The van der Waals surface area contributed by atoms with Crippen LogP contribution in [0.3, 0.4) is 0 Å². The van der Waals surface area contributed by atoms with Crippen molar-refractivity contribution in [2.75, 3.05) is 13.6 Å². The van der Waals surface area contributed by atoms with Gasteiger partial charge in [-0.3, -0.25) is 4.79 Å². The fourth-order valence-corrected chi connectivity index (χ4v) is 2.08. The number of carbonyl (C=O) groups is 1. The summed E-state index contributed by atoms with van der Waals surface area (Å²) in [5.74, 6) is 0.0734. The highest BCUT2D eigenvalue weighted by molar-refractivity contribution is 6.35. The summed E-state index contributed by atoms with van der Waals surface area (Å²) in [5.41, 5.74) is 1.72. The Labute approximate surface area is 99.0 Å². The topological polar surface area (TPSA) is 34.0 Å². The molecule has 0 atom stereocenters. The van der Waals surface area contributed by atoms with E-state index in [0.29, 0.717) is 17.1 Å². The average molecular weight is 237 g/mol. The van der Waals surface area contributed by atoms with Gasteiger partial charge in [-0.25, -0.2) is 0 Å². The standard InChI is InChI=1S/C12H13ClN2O/c1-14-6-12(16)8-3-4-11-9(5-8)10(13)7-15(11)2/h3-5,7,14H,6H2,1-2H3. The van der Waals surface area contributed by atoms with Crippen molar-refractivity contribution in [1.29, 1.82) is 0 Å². The smallest absolute Gasteiger partial charge is 0.176 e. The number of halogens is 1. The van der Waals surface area contributed by atoms with Crippen molar-refractivity contribution >= 4 is 28.3 Å². The largest absolute Gasteiger partial charge is 0.349 e. The molecule has 0 aliphatic rings. The van der Waals surface area contributed by atoms with Crippen LogP contribution in [0.5, 0.6) is 0 Å². The predicted octanol–water partition coefficient (Wildman–Crippen LogP) is 2.23. The molecular formula is C12H13ClN2O. The third-order valence-corrected chi connectivity index (χ3v) is 2.90. The maximum absolute atomic E-state index is 11.7.